The maximum atomic E-state index is 12.8. The summed E-state index contributed by atoms with van der Waals surface area (Å²) in [4.78, 5) is 19.1. The van der Waals surface area contributed by atoms with Gasteiger partial charge in [-0.25, -0.2) is 4.99 Å². The number of halogens is 3. The lowest BCUT2D eigenvalue weighted by Crippen LogP contribution is -2.33. The number of thioether (sulfide) groups is 1. The molecule has 0 aromatic heterocycles. The van der Waals surface area contributed by atoms with Gasteiger partial charge in [0.2, 0.25) is 5.91 Å². The van der Waals surface area contributed by atoms with Crippen molar-refractivity contribution in [1.29, 1.82) is 0 Å². The average molecular weight is 414 g/mol. The van der Waals surface area contributed by atoms with Gasteiger partial charge in [0.05, 0.1) is 12.1 Å². The van der Waals surface area contributed by atoms with Gasteiger partial charge in [-0.3, -0.25) is 9.69 Å². The first kappa shape index (κ1) is 18.6. The van der Waals surface area contributed by atoms with Crippen LogP contribution in [0.25, 0.3) is 0 Å². The van der Waals surface area contributed by atoms with Crippen LogP contribution >= 0.6 is 46.6 Å². The minimum absolute atomic E-state index is 0.0698. The van der Waals surface area contributed by atoms with Gasteiger partial charge < -0.3 is 0 Å². The van der Waals surface area contributed by atoms with Crippen LogP contribution in [0.1, 0.15) is 12.5 Å². The van der Waals surface area contributed by atoms with Crippen molar-refractivity contribution in [2.24, 2.45) is 4.99 Å². The third-order valence-electron chi connectivity index (χ3n) is 3.72. The van der Waals surface area contributed by atoms with Crippen molar-refractivity contribution < 1.29 is 4.79 Å². The molecule has 0 bridgehead atoms. The van der Waals surface area contributed by atoms with Gasteiger partial charge in [0.15, 0.2) is 5.17 Å². The normalized spacial score (nSPS) is 18.8. The zero-order valence-electron chi connectivity index (χ0n) is 13.4. The average Bonchev–Trinajstić information content (AvgIpc) is 2.94. The highest BCUT2D eigenvalue weighted by Gasteiger charge is 2.31. The molecule has 25 heavy (non-hydrogen) atoms. The Morgan fingerprint density at radius 2 is 1.80 bits per heavy atom. The molecule has 1 aliphatic heterocycles. The van der Waals surface area contributed by atoms with Crippen LogP contribution in [0, 0.1) is 0 Å². The Bertz CT molecular complexity index is 803. The van der Waals surface area contributed by atoms with Gasteiger partial charge in [-0.2, -0.15) is 0 Å². The first-order valence-electron chi connectivity index (χ1n) is 7.68. The maximum absolute atomic E-state index is 12.8. The van der Waals surface area contributed by atoms with Crippen LogP contribution in [-0.4, -0.2) is 27.8 Å². The van der Waals surface area contributed by atoms with E-state index in [1.54, 1.807) is 47.0 Å². The van der Waals surface area contributed by atoms with Gasteiger partial charge in [-0.15, -0.1) is 0 Å². The standard InChI is InChI=1S/C18H15Cl3N2OS/c1-11-10-23(17(24)9-14-15(20)3-2-4-16(14)21)18(25-11)22-13-7-5-12(19)6-8-13/h2-8,11H,9-10H2,1H3/t11-/m0/s1. The Balaban J connectivity index is 1.84. The van der Waals surface area contributed by atoms with Crippen LogP contribution in [0.3, 0.4) is 0 Å². The molecule has 1 amide bonds. The number of aliphatic imine (C=N–C) groups is 1. The minimum Gasteiger partial charge on any atom is -0.290 e. The third kappa shape index (κ3) is 4.50. The smallest absolute Gasteiger partial charge is 0.233 e. The molecule has 2 aromatic rings. The molecule has 1 aliphatic rings. The van der Waals surface area contributed by atoms with E-state index in [0.717, 1.165) is 5.69 Å². The molecule has 2 aromatic carbocycles. The van der Waals surface area contributed by atoms with Crippen LogP contribution < -0.4 is 0 Å². The number of amides is 1. The number of carbonyl (C=O) groups is 1. The second kappa shape index (κ2) is 8.00. The largest absolute Gasteiger partial charge is 0.290 e. The van der Waals surface area contributed by atoms with Crippen molar-refractivity contribution in [2.75, 3.05) is 6.54 Å². The zero-order valence-corrected chi connectivity index (χ0v) is 16.5. The van der Waals surface area contributed by atoms with Crippen molar-refractivity contribution >= 4 is 63.3 Å². The maximum Gasteiger partial charge on any atom is 0.233 e. The summed E-state index contributed by atoms with van der Waals surface area (Å²) in [6, 6.07) is 12.4. The van der Waals surface area contributed by atoms with E-state index in [0.29, 0.717) is 32.3 Å². The number of rotatable bonds is 3. The first-order valence-corrected chi connectivity index (χ1v) is 9.69. The van der Waals surface area contributed by atoms with E-state index in [-0.39, 0.29) is 17.6 Å². The van der Waals surface area contributed by atoms with Gasteiger partial charge in [0, 0.05) is 26.9 Å². The highest BCUT2D eigenvalue weighted by Crippen LogP contribution is 2.31. The summed E-state index contributed by atoms with van der Waals surface area (Å²) in [5, 5.41) is 2.60. The molecule has 1 fully saturated rings. The molecule has 0 saturated carbocycles. The predicted molar refractivity (Wildman–Crippen MR) is 107 cm³/mol. The molecule has 0 spiro atoms. The third-order valence-corrected chi connectivity index (χ3v) is 5.75. The van der Waals surface area contributed by atoms with E-state index < -0.39 is 0 Å². The molecule has 7 heteroatoms. The molecule has 3 nitrogen and oxygen atoms in total. The van der Waals surface area contributed by atoms with Crippen LogP contribution in [0.15, 0.2) is 47.5 Å². The summed E-state index contributed by atoms with van der Waals surface area (Å²) in [5.74, 6) is -0.0698. The molecule has 0 radical (unpaired) electrons. The summed E-state index contributed by atoms with van der Waals surface area (Å²) in [6.45, 7) is 2.68. The van der Waals surface area contributed by atoms with Gasteiger partial charge >= 0.3 is 0 Å². The van der Waals surface area contributed by atoms with Crippen LogP contribution in [0.5, 0.6) is 0 Å². The Hall–Kier alpha value is -1.20. The number of nitrogens with zero attached hydrogens (tertiary/aromatic N) is 2. The van der Waals surface area contributed by atoms with Crippen molar-refractivity contribution in [3.63, 3.8) is 0 Å². The van der Waals surface area contributed by atoms with E-state index >= 15 is 0 Å². The summed E-state index contributed by atoms with van der Waals surface area (Å²) in [5.41, 5.74) is 1.40. The summed E-state index contributed by atoms with van der Waals surface area (Å²) in [6.07, 6.45) is 0.144. The lowest BCUT2D eigenvalue weighted by molar-refractivity contribution is -0.126. The van der Waals surface area contributed by atoms with Crippen LogP contribution in [0.2, 0.25) is 15.1 Å². The highest BCUT2D eigenvalue weighted by molar-refractivity contribution is 8.14. The van der Waals surface area contributed by atoms with Crippen molar-refractivity contribution in [1.82, 2.24) is 4.90 Å². The van der Waals surface area contributed by atoms with E-state index in [9.17, 15) is 4.79 Å². The Morgan fingerprint density at radius 1 is 1.16 bits per heavy atom. The summed E-state index contributed by atoms with van der Waals surface area (Å²) < 4.78 is 0. The Kier molecular flexibility index (Phi) is 5.95. The van der Waals surface area contributed by atoms with E-state index in [2.05, 4.69) is 11.9 Å². The molecule has 0 unspecified atom stereocenters. The Labute approximate surface area is 166 Å². The summed E-state index contributed by atoms with van der Waals surface area (Å²) >= 11 is 19.9. The topological polar surface area (TPSA) is 32.7 Å². The SMILES string of the molecule is C[C@H]1CN(C(=O)Cc2c(Cl)cccc2Cl)C(=Nc2ccc(Cl)cc2)S1. The molecular formula is C18H15Cl3N2OS. The second-order valence-corrected chi connectivity index (χ2v) is 8.34. The van der Waals surface area contributed by atoms with E-state index in [1.165, 1.54) is 0 Å². The zero-order chi connectivity index (χ0) is 18.0. The van der Waals surface area contributed by atoms with Gasteiger partial charge in [-0.05, 0) is 42.0 Å². The first-order chi connectivity index (χ1) is 11.9. The molecule has 130 valence electrons. The van der Waals surface area contributed by atoms with Crippen LogP contribution in [-0.2, 0) is 11.2 Å². The lowest BCUT2D eigenvalue weighted by Gasteiger charge is -2.17. The lowest BCUT2D eigenvalue weighted by atomic mass is 10.1. The molecule has 0 aliphatic carbocycles. The molecule has 3 rings (SSSR count). The predicted octanol–water partition coefficient (Wildman–Crippen LogP) is 5.84. The van der Waals surface area contributed by atoms with Crippen LogP contribution in [0.4, 0.5) is 5.69 Å². The molecule has 1 saturated heterocycles. The summed E-state index contributed by atoms with van der Waals surface area (Å²) in [7, 11) is 0. The molecule has 0 N–H and O–H groups in total. The molecular weight excluding hydrogens is 399 g/mol. The highest BCUT2D eigenvalue weighted by atomic mass is 35.5. The fourth-order valence-electron chi connectivity index (χ4n) is 2.49. The number of carbonyl (C=O) groups excluding carboxylic acids is 1. The Morgan fingerprint density at radius 3 is 2.44 bits per heavy atom. The fourth-order valence-corrected chi connectivity index (χ4v) is 4.19. The number of amidine groups is 1. The second-order valence-electron chi connectivity index (χ2n) is 5.68. The number of benzene rings is 2. The monoisotopic (exact) mass is 412 g/mol. The van der Waals surface area contributed by atoms with E-state index in [1.807, 2.05) is 12.1 Å². The van der Waals surface area contributed by atoms with E-state index in [4.69, 9.17) is 34.8 Å². The number of hydrogen-bond acceptors (Lipinski definition) is 3. The number of hydrogen-bond donors (Lipinski definition) is 0. The molecule has 1 heterocycles. The fraction of sp³-hybridized carbons (Fsp3) is 0.222. The van der Waals surface area contributed by atoms with Crippen molar-refractivity contribution in [2.45, 2.75) is 18.6 Å². The molecule has 1 atom stereocenters. The quantitative estimate of drug-likeness (QED) is 0.633. The van der Waals surface area contributed by atoms with Gasteiger partial charge in [-0.1, -0.05) is 59.6 Å². The van der Waals surface area contributed by atoms with Gasteiger partial charge in [0.25, 0.3) is 0 Å². The van der Waals surface area contributed by atoms with Crippen molar-refractivity contribution in [3.8, 4) is 0 Å². The minimum atomic E-state index is -0.0698. The van der Waals surface area contributed by atoms with Gasteiger partial charge in [0.1, 0.15) is 0 Å². The van der Waals surface area contributed by atoms with Crippen molar-refractivity contribution in [3.05, 3.63) is 63.1 Å².